The molecule has 1 heterocycles. The van der Waals surface area contributed by atoms with Gasteiger partial charge in [0, 0.05) is 39.0 Å². The molecule has 0 bridgehead atoms. The first kappa shape index (κ1) is 35.2. The van der Waals surface area contributed by atoms with Crippen molar-refractivity contribution < 1.29 is 4.42 Å². The van der Waals surface area contributed by atoms with Crippen molar-refractivity contribution in [3.63, 3.8) is 0 Å². The van der Waals surface area contributed by atoms with Crippen LogP contribution in [0, 0.1) is 0 Å². The normalized spacial score (nSPS) is 11.3. The summed E-state index contributed by atoms with van der Waals surface area (Å²) in [4.78, 5) is 2.34. The van der Waals surface area contributed by atoms with Gasteiger partial charge in [0.2, 0.25) is 0 Å². The Balaban J connectivity index is 1.03. The Morgan fingerprint density at radius 1 is 0.267 bits per heavy atom. The highest BCUT2D eigenvalue weighted by molar-refractivity contribution is 6.28. The predicted molar refractivity (Wildman–Crippen MR) is 253 cm³/mol. The van der Waals surface area contributed by atoms with Crippen molar-refractivity contribution >= 4 is 49.6 Å². The molecule has 0 unspecified atom stereocenters. The Kier molecular flexibility index (Phi) is 8.87. The van der Waals surface area contributed by atoms with E-state index in [9.17, 15) is 0 Å². The highest BCUT2D eigenvalue weighted by atomic mass is 16.3. The molecule has 0 aliphatic carbocycles. The molecule has 0 N–H and O–H groups in total. The molecule has 0 amide bonds. The van der Waals surface area contributed by atoms with Crippen LogP contribution in [0.1, 0.15) is 0 Å². The van der Waals surface area contributed by atoms with Crippen LogP contribution in [0.15, 0.2) is 241 Å². The monoisotopic (exact) mass is 765 g/mol. The van der Waals surface area contributed by atoms with E-state index in [0.717, 1.165) is 67.0 Å². The fourth-order valence-electron chi connectivity index (χ4n) is 8.75. The SMILES string of the molecule is c1ccc(-c2ccc(N(c3ccc(-c4ccccc4)cc3)c3ccc(-c4ccc5c6ccccc6c6c(-c7ccccc7)c(-c7ccccc7)oc6c5c4)cc3)cc2)cc1. The maximum absolute atomic E-state index is 7.07. The molecule has 11 rings (SSSR count). The highest BCUT2D eigenvalue weighted by Crippen LogP contribution is 2.48. The van der Waals surface area contributed by atoms with Gasteiger partial charge in [-0.2, -0.15) is 0 Å². The van der Waals surface area contributed by atoms with Crippen molar-refractivity contribution in [2.24, 2.45) is 0 Å². The zero-order valence-corrected chi connectivity index (χ0v) is 32.9. The van der Waals surface area contributed by atoms with Gasteiger partial charge in [0.05, 0.1) is 0 Å². The zero-order chi connectivity index (χ0) is 39.8. The predicted octanol–water partition coefficient (Wildman–Crippen LogP) is 16.5. The summed E-state index contributed by atoms with van der Waals surface area (Å²) in [5, 5.41) is 5.82. The first-order valence-electron chi connectivity index (χ1n) is 20.5. The van der Waals surface area contributed by atoms with Crippen molar-refractivity contribution in [1.29, 1.82) is 0 Å². The third-order valence-corrected chi connectivity index (χ3v) is 11.7. The van der Waals surface area contributed by atoms with Gasteiger partial charge in [-0.15, -0.1) is 0 Å². The molecule has 2 nitrogen and oxygen atoms in total. The second kappa shape index (κ2) is 15.1. The molecule has 10 aromatic carbocycles. The summed E-state index contributed by atoms with van der Waals surface area (Å²) in [6.45, 7) is 0. The van der Waals surface area contributed by atoms with Crippen molar-refractivity contribution in [3.8, 4) is 55.8 Å². The van der Waals surface area contributed by atoms with Crippen LogP contribution in [0.3, 0.4) is 0 Å². The van der Waals surface area contributed by atoms with Crippen LogP contribution >= 0.6 is 0 Å². The van der Waals surface area contributed by atoms with Gasteiger partial charge >= 0.3 is 0 Å². The largest absolute Gasteiger partial charge is 0.455 e. The van der Waals surface area contributed by atoms with Crippen molar-refractivity contribution in [1.82, 2.24) is 0 Å². The lowest BCUT2D eigenvalue weighted by Gasteiger charge is -2.26. The second-order valence-electron chi connectivity index (χ2n) is 15.3. The summed E-state index contributed by atoms with van der Waals surface area (Å²) in [6.07, 6.45) is 0. The Hall–Kier alpha value is -7.94. The van der Waals surface area contributed by atoms with Gasteiger partial charge in [-0.25, -0.2) is 0 Å². The lowest BCUT2D eigenvalue weighted by Crippen LogP contribution is -2.09. The van der Waals surface area contributed by atoms with E-state index in [0.29, 0.717) is 0 Å². The summed E-state index contributed by atoms with van der Waals surface area (Å²) >= 11 is 0. The number of hydrogen-bond acceptors (Lipinski definition) is 2. The summed E-state index contributed by atoms with van der Waals surface area (Å²) in [5.74, 6) is 0.887. The van der Waals surface area contributed by atoms with Crippen LogP contribution in [-0.4, -0.2) is 0 Å². The van der Waals surface area contributed by atoms with E-state index in [2.05, 4.69) is 241 Å². The first-order chi connectivity index (χ1) is 29.8. The summed E-state index contributed by atoms with van der Waals surface area (Å²) < 4.78 is 7.07. The summed E-state index contributed by atoms with van der Waals surface area (Å²) in [5.41, 5.74) is 14.6. The van der Waals surface area contributed by atoms with Gasteiger partial charge in [0.1, 0.15) is 11.3 Å². The number of furan rings is 1. The van der Waals surface area contributed by atoms with Gasteiger partial charge < -0.3 is 9.32 Å². The molecule has 60 heavy (non-hydrogen) atoms. The first-order valence-corrected chi connectivity index (χ1v) is 20.5. The molecule has 11 aromatic rings. The summed E-state index contributed by atoms with van der Waals surface area (Å²) in [6, 6.07) is 84.5. The Morgan fingerprint density at radius 2 is 0.633 bits per heavy atom. The molecule has 1 aromatic heterocycles. The molecule has 0 aliphatic heterocycles. The minimum absolute atomic E-state index is 0.887. The maximum atomic E-state index is 7.07. The molecule has 0 aliphatic rings. The molecular formula is C58H39NO. The van der Waals surface area contributed by atoms with Crippen molar-refractivity contribution in [2.75, 3.05) is 4.90 Å². The van der Waals surface area contributed by atoms with E-state index < -0.39 is 0 Å². The number of benzene rings is 10. The van der Waals surface area contributed by atoms with Crippen LogP contribution in [0.4, 0.5) is 17.1 Å². The number of hydrogen-bond donors (Lipinski definition) is 0. The molecule has 2 heteroatoms. The number of nitrogens with zero attached hydrogens (tertiary/aromatic N) is 1. The highest BCUT2D eigenvalue weighted by Gasteiger charge is 2.23. The topological polar surface area (TPSA) is 16.4 Å². The van der Waals surface area contributed by atoms with Crippen molar-refractivity contribution in [2.45, 2.75) is 0 Å². The molecule has 0 atom stereocenters. The Bertz CT molecular complexity index is 3160. The van der Waals surface area contributed by atoms with Crippen LogP contribution in [0.2, 0.25) is 0 Å². The average molecular weight is 766 g/mol. The minimum Gasteiger partial charge on any atom is -0.455 e. The Labute approximate surface area is 349 Å². The van der Waals surface area contributed by atoms with Gasteiger partial charge in [0.25, 0.3) is 0 Å². The number of anilines is 3. The molecular weight excluding hydrogens is 727 g/mol. The van der Waals surface area contributed by atoms with E-state index in [1.807, 2.05) is 0 Å². The molecule has 0 radical (unpaired) electrons. The smallest absolute Gasteiger partial charge is 0.143 e. The fourth-order valence-corrected chi connectivity index (χ4v) is 8.75. The van der Waals surface area contributed by atoms with E-state index in [1.165, 1.54) is 38.4 Å². The molecule has 0 saturated carbocycles. The van der Waals surface area contributed by atoms with Crippen LogP contribution in [0.5, 0.6) is 0 Å². The van der Waals surface area contributed by atoms with Crippen LogP contribution in [-0.2, 0) is 0 Å². The molecule has 0 fully saturated rings. The van der Waals surface area contributed by atoms with E-state index in [1.54, 1.807) is 0 Å². The Morgan fingerprint density at radius 3 is 1.13 bits per heavy atom. The van der Waals surface area contributed by atoms with Crippen LogP contribution < -0.4 is 4.90 Å². The maximum Gasteiger partial charge on any atom is 0.143 e. The van der Waals surface area contributed by atoms with Gasteiger partial charge in [-0.05, 0) is 97.6 Å². The van der Waals surface area contributed by atoms with E-state index in [-0.39, 0.29) is 0 Å². The second-order valence-corrected chi connectivity index (χ2v) is 15.3. The van der Waals surface area contributed by atoms with E-state index >= 15 is 0 Å². The van der Waals surface area contributed by atoms with Gasteiger partial charge in [-0.1, -0.05) is 194 Å². The number of rotatable bonds is 8. The minimum atomic E-state index is 0.887. The fraction of sp³-hybridized carbons (Fsp3) is 0. The third kappa shape index (κ3) is 6.32. The lowest BCUT2D eigenvalue weighted by atomic mass is 9.91. The van der Waals surface area contributed by atoms with Gasteiger partial charge in [-0.3, -0.25) is 0 Å². The molecule has 0 saturated heterocycles. The van der Waals surface area contributed by atoms with E-state index in [4.69, 9.17) is 4.42 Å². The molecule has 282 valence electrons. The summed E-state index contributed by atoms with van der Waals surface area (Å²) in [7, 11) is 0. The quantitative estimate of drug-likeness (QED) is 0.143. The van der Waals surface area contributed by atoms with Crippen LogP contribution in [0.25, 0.3) is 88.3 Å². The zero-order valence-electron chi connectivity index (χ0n) is 32.9. The molecule has 0 spiro atoms. The number of fused-ring (bicyclic) bond motifs is 6. The lowest BCUT2D eigenvalue weighted by molar-refractivity contribution is 0.636. The average Bonchev–Trinajstić information content (AvgIpc) is 3.75. The van der Waals surface area contributed by atoms with Crippen molar-refractivity contribution in [3.05, 3.63) is 237 Å². The van der Waals surface area contributed by atoms with Gasteiger partial charge in [0.15, 0.2) is 0 Å². The third-order valence-electron chi connectivity index (χ3n) is 11.7. The standard InChI is InChI=1S/C58H39NO/c1-5-15-40(16-6-1)42-25-32-48(33-26-42)59(49-34-27-43(28-35-49)41-17-7-2-8-18-41)50-36-29-44(30-37-50)47-31-38-52-51-23-13-14-24-53(51)56-55(45-19-9-3-10-20-45)57(46-21-11-4-12-22-46)60-58(56)54(52)39-47/h1-39H.